The van der Waals surface area contributed by atoms with Crippen molar-refractivity contribution in [3.05, 3.63) is 22.1 Å². The van der Waals surface area contributed by atoms with Gasteiger partial charge in [0.05, 0.1) is 0 Å². The van der Waals surface area contributed by atoms with E-state index in [4.69, 9.17) is 5.53 Å². The van der Waals surface area contributed by atoms with Gasteiger partial charge in [0.1, 0.15) is 0 Å². The Bertz CT molecular complexity index is 229. The lowest BCUT2D eigenvalue weighted by Gasteiger charge is -2.25. The van der Waals surface area contributed by atoms with Crippen molar-refractivity contribution in [3.63, 3.8) is 0 Å². The molecule has 0 aliphatic carbocycles. The molecule has 0 rings (SSSR count). The predicted octanol–water partition coefficient (Wildman–Crippen LogP) is 2.83. The second kappa shape index (κ2) is 6.46. The molecular formula is C10H20N4. The number of hydrogen-bond acceptors (Lipinski definition) is 2. The third-order valence-corrected chi connectivity index (χ3v) is 2.12. The minimum atomic E-state index is 0.406. The molecule has 0 spiro atoms. The molecule has 80 valence electrons. The van der Waals surface area contributed by atoms with Crippen molar-refractivity contribution in [2.75, 3.05) is 20.6 Å². The zero-order valence-corrected chi connectivity index (χ0v) is 9.73. The molecule has 14 heavy (non-hydrogen) atoms. The molecular weight excluding hydrogens is 176 g/mol. The van der Waals surface area contributed by atoms with Crippen LogP contribution in [0.2, 0.25) is 0 Å². The Morgan fingerprint density at radius 3 is 2.43 bits per heavy atom. The van der Waals surface area contributed by atoms with Crippen LogP contribution in [-0.4, -0.2) is 31.6 Å². The minimum absolute atomic E-state index is 0.406. The molecule has 0 N–H and O–H groups in total. The van der Waals surface area contributed by atoms with E-state index in [1.807, 2.05) is 6.92 Å². The van der Waals surface area contributed by atoms with Crippen molar-refractivity contribution in [1.29, 1.82) is 0 Å². The second-order valence-electron chi connectivity index (χ2n) is 4.10. The Kier molecular flexibility index (Phi) is 6.00. The molecule has 0 aromatic rings. The summed E-state index contributed by atoms with van der Waals surface area (Å²) in [6, 6.07) is 0.406. The summed E-state index contributed by atoms with van der Waals surface area (Å²) in [5.41, 5.74) is 9.31. The average molecular weight is 196 g/mol. The van der Waals surface area contributed by atoms with Gasteiger partial charge in [-0.2, -0.15) is 0 Å². The van der Waals surface area contributed by atoms with E-state index >= 15 is 0 Å². The highest BCUT2D eigenvalue weighted by Gasteiger charge is 2.12. The van der Waals surface area contributed by atoms with Crippen molar-refractivity contribution in [2.45, 2.75) is 26.8 Å². The Balaban J connectivity index is 4.46. The Morgan fingerprint density at radius 2 is 2.07 bits per heavy atom. The standard InChI is InChI=1S/C10H20N4/c1-8(2)10(14(4)5)6-9(3)7-12-13-11/h6,8,10H,7H2,1-5H3/b9-6+/t10-/m1/s1. The summed E-state index contributed by atoms with van der Waals surface area (Å²) >= 11 is 0. The monoisotopic (exact) mass is 196 g/mol. The number of azide groups is 1. The number of hydrogen-bond donors (Lipinski definition) is 0. The van der Waals surface area contributed by atoms with E-state index < -0.39 is 0 Å². The second-order valence-corrected chi connectivity index (χ2v) is 4.10. The topological polar surface area (TPSA) is 52.0 Å². The van der Waals surface area contributed by atoms with Gasteiger partial charge in [-0.1, -0.05) is 30.6 Å². The lowest BCUT2D eigenvalue weighted by atomic mass is 10.0. The van der Waals surface area contributed by atoms with Crippen LogP contribution in [-0.2, 0) is 0 Å². The largest absolute Gasteiger partial charge is 0.303 e. The fourth-order valence-electron chi connectivity index (χ4n) is 1.43. The number of rotatable bonds is 5. The van der Waals surface area contributed by atoms with E-state index in [2.05, 4.69) is 48.9 Å². The van der Waals surface area contributed by atoms with Crippen LogP contribution >= 0.6 is 0 Å². The molecule has 0 unspecified atom stereocenters. The molecule has 0 aliphatic heterocycles. The van der Waals surface area contributed by atoms with Gasteiger partial charge in [-0.05, 0) is 32.5 Å². The van der Waals surface area contributed by atoms with E-state index in [-0.39, 0.29) is 0 Å². The normalized spacial score (nSPS) is 14.4. The summed E-state index contributed by atoms with van der Waals surface area (Å²) in [5, 5.41) is 3.54. The average Bonchev–Trinajstić information content (AvgIpc) is 2.09. The van der Waals surface area contributed by atoms with Crippen LogP contribution in [0.4, 0.5) is 0 Å². The van der Waals surface area contributed by atoms with Crippen molar-refractivity contribution in [2.24, 2.45) is 11.0 Å². The summed E-state index contributed by atoms with van der Waals surface area (Å²) in [7, 11) is 4.12. The summed E-state index contributed by atoms with van der Waals surface area (Å²) in [6.07, 6.45) is 2.17. The smallest absolute Gasteiger partial charge is 0.0467 e. The zero-order chi connectivity index (χ0) is 11.1. The molecule has 4 heteroatoms. The molecule has 0 aromatic carbocycles. The van der Waals surface area contributed by atoms with Gasteiger partial charge in [-0.3, -0.25) is 0 Å². The third kappa shape index (κ3) is 4.90. The van der Waals surface area contributed by atoms with Gasteiger partial charge < -0.3 is 4.90 Å². The van der Waals surface area contributed by atoms with E-state index in [1.54, 1.807) is 0 Å². The van der Waals surface area contributed by atoms with Gasteiger partial charge in [0.25, 0.3) is 0 Å². The van der Waals surface area contributed by atoms with E-state index in [0.717, 1.165) is 5.57 Å². The van der Waals surface area contributed by atoms with Crippen LogP contribution in [0.3, 0.4) is 0 Å². The highest BCUT2D eigenvalue weighted by Crippen LogP contribution is 2.11. The summed E-state index contributed by atoms with van der Waals surface area (Å²) < 4.78 is 0. The summed E-state index contributed by atoms with van der Waals surface area (Å²) in [5.74, 6) is 0.561. The quantitative estimate of drug-likeness (QED) is 0.289. The molecule has 4 nitrogen and oxygen atoms in total. The zero-order valence-electron chi connectivity index (χ0n) is 9.73. The van der Waals surface area contributed by atoms with Crippen molar-refractivity contribution in [3.8, 4) is 0 Å². The maximum Gasteiger partial charge on any atom is 0.0467 e. The Hall–Kier alpha value is -0.990. The Labute approximate surface area is 86.2 Å². The minimum Gasteiger partial charge on any atom is -0.303 e. The summed E-state index contributed by atoms with van der Waals surface area (Å²) in [6.45, 7) is 6.82. The molecule has 0 saturated heterocycles. The fourth-order valence-corrected chi connectivity index (χ4v) is 1.43. The molecule has 0 aliphatic rings. The first-order chi connectivity index (χ1) is 6.49. The van der Waals surface area contributed by atoms with Gasteiger partial charge in [0, 0.05) is 17.5 Å². The number of likely N-dealkylation sites (N-methyl/N-ethyl adjacent to an activating group) is 1. The van der Waals surface area contributed by atoms with Crippen LogP contribution in [0.25, 0.3) is 10.4 Å². The first-order valence-electron chi connectivity index (χ1n) is 4.83. The fraction of sp³-hybridized carbons (Fsp3) is 0.800. The first-order valence-corrected chi connectivity index (χ1v) is 4.83. The maximum absolute atomic E-state index is 8.19. The molecule has 0 amide bonds. The third-order valence-electron chi connectivity index (χ3n) is 2.12. The van der Waals surface area contributed by atoms with E-state index in [0.29, 0.717) is 18.5 Å². The van der Waals surface area contributed by atoms with Crippen molar-refractivity contribution < 1.29 is 0 Å². The van der Waals surface area contributed by atoms with Gasteiger partial charge >= 0.3 is 0 Å². The maximum atomic E-state index is 8.19. The molecule has 0 aromatic heterocycles. The molecule has 0 fully saturated rings. The van der Waals surface area contributed by atoms with E-state index in [1.165, 1.54) is 0 Å². The highest BCUT2D eigenvalue weighted by molar-refractivity contribution is 5.06. The van der Waals surface area contributed by atoms with E-state index in [9.17, 15) is 0 Å². The Morgan fingerprint density at radius 1 is 1.50 bits per heavy atom. The molecule has 0 bridgehead atoms. The lowest BCUT2D eigenvalue weighted by molar-refractivity contribution is 0.278. The van der Waals surface area contributed by atoms with Crippen molar-refractivity contribution >= 4 is 0 Å². The SMILES string of the molecule is C/C(=C\[C@H](C(C)C)N(C)C)CN=[N+]=[N-]. The molecule has 0 saturated carbocycles. The van der Waals surface area contributed by atoms with Crippen LogP contribution in [0.1, 0.15) is 20.8 Å². The van der Waals surface area contributed by atoms with Crippen LogP contribution in [0, 0.1) is 5.92 Å². The van der Waals surface area contributed by atoms with Gasteiger partial charge in [-0.25, -0.2) is 0 Å². The molecule has 1 atom stereocenters. The van der Waals surface area contributed by atoms with Crippen LogP contribution in [0.5, 0.6) is 0 Å². The lowest BCUT2D eigenvalue weighted by Crippen LogP contribution is -2.31. The van der Waals surface area contributed by atoms with Gasteiger partial charge in [0.15, 0.2) is 0 Å². The van der Waals surface area contributed by atoms with Gasteiger partial charge in [-0.15, -0.1) is 0 Å². The highest BCUT2D eigenvalue weighted by atomic mass is 15.1. The van der Waals surface area contributed by atoms with Crippen LogP contribution < -0.4 is 0 Å². The van der Waals surface area contributed by atoms with Crippen LogP contribution in [0.15, 0.2) is 16.8 Å². The number of nitrogens with zero attached hydrogens (tertiary/aromatic N) is 4. The van der Waals surface area contributed by atoms with Gasteiger partial charge in [0.2, 0.25) is 0 Å². The van der Waals surface area contributed by atoms with Crippen molar-refractivity contribution in [1.82, 2.24) is 4.90 Å². The summed E-state index contributed by atoms with van der Waals surface area (Å²) in [4.78, 5) is 4.91. The molecule has 0 radical (unpaired) electrons. The molecule has 0 heterocycles. The first kappa shape index (κ1) is 13.0. The predicted molar refractivity (Wildman–Crippen MR) is 60.1 cm³/mol.